The second-order valence-corrected chi connectivity index (χ2v) is 6.59. The number of nitrogens with zero attached hydrogens (tertiary/aromatic N) is 2. The molecule has 0 bridgehead atoms. The van der Waals surface area contributed by atoms with E-state index in [9.17, 15) is 12.8 Å². The third-order valence-electron chi connectivity index (χ3n) is 2.50. The summed E-state index contributed by atoms with van der Waals surface area (Å²) in [5.41, 5.74) is 0. The molecule has 1 aromatic heterocycles. The van der Waals surface area contributed by atoms with Crippen molar-refractivity contribution in [3.63, 3.8) is 0 Å². The number of benzene rings is 1. The Morgan fingerprint density at radius 2 is 2.00 bits per heavy atom. The van der Waals surface area contributed by atoms with E-state index < -0.39 is 15.8 Å². The minimum absolute atomic E-state index is 0.227. The first-order valence-electron chi connectivity index (χ1n) is 5.28. The molecule has 0 amide bonds. The SMILES string of the molecule is CN(c1ccccn1)S(=O)(=O)c1ccc(Br)cc1F. The Balaban J connectivity index is 2.48. The maximum Gasteiger partial charge on any atom is 0.268 e. The minimum Gasteiger partial charge on any atom is -0.253 e. The van der Waals surface area contributed by atoms with Crippen LogP contribution in [0.15, 0.2) is 52.0 Å². The van der Waals surface area contributed by atoms with E-state index in [-0.39, 0.29) is 10.7 Å². The minimum atomic E-state index is -3.96. The molecule has 0 saturated heterocycles. The number of sulfonamides is 1. The number of aromatic nitrogens is 1. The van der Waals surface area contributed by atoms with Crippen molar-refractivity contribution in [3.05, 3.63) is 52.9 Å². The average Bonchev–Trinajstić information content (AvgIpc) is 2.38. The summed E-state index contributed by atoms with van der Waals surface area (Å²) < 4.78 is 39.8. The summed E-state index contributed by atoms with van der Waals surface area (Å²) in [7, 11) is -2.63. The van der Waals surface area contributed by atoms with E-state index in [0.717, 1.165) is 10.4 Å². The normalized spacial score (nSPS) is 11.3. The molecule has 0 radical (unpaired) electrons. The van der Waals surface area contributed by atoms with Crippen molar-refractivity contribution < 1.29 is 12.8 Å². The van der Waals surface area contributed by atoms with Crippen molar-refractivity contribution in [2.24, 2.45) is 0 Å². The van der Waals surface area contributed by atoms with Crippen LogP contribution in [0.3, 0.4) is 0 Å². The van der Waals surface area contributed by atoms with Gasteiger partial charge in [-0.3, -0.25) is 4.31 Å². The van der Waals surface area contributed by atoms with Crippen molar-refractivity contribution in [2.45, 2.75) is 4.90 Å². The van der Waals surface area contributed by atoms with E-state index in [0.29, 0.717) is 4.47 Å². The lowest BCUT2D eigenvalue weighted by molar-refractivity contribution is 0.565. The highest BCUT2D eigenvalue weighted by atomic mass is 79.9. The van der Waals surface area contributed by atoms with Crippen molar-refractivity contribution in [1.29, 1.82) is 0 Å². The van der Waals surface area contributed by atoms with Gasteiger partial charge in [-0.05, 0) is 30.3 Å². The fraction of sp³-hybridized carbons (Fsp3) is 0.0833. The smallest absolute Gasteiger partial charge is 0.253 e. The molecular weight excluding hydrogens is 335 g/mol. The predicted molar refractivity (Wildman–Crippen MR) is 73.9 cm³/mol. The van der Waals surface area contributed by atoms with Crippen LogP contribution in [0.4, 0.5) is 10.2 Å². The summed E-state index contributed by atoms with van der Waals surface area (Å²) in [6, 6.07) is 8.67. The molecule has 0 spiro atoms. The average molecular weight is 345 g/mol. The first-order chi connectivity index (χ1) is 8.93. The second kappa shape index (κ2) is 5.26. The van der Waals surface area contributed by atoms with Gasteiger partial charge in [-0.1, -0.05) is 22.0 Å². The number of halogens is 2. The fourth-order valence-corrected chi connectivity index (χ4v) is 3.02. The molecule has 4 nitrogen and oxygen atoms in total. The van der Waals surface area contributed by atoms with Gasteiger partial charge in [0.15, 0.2) is 0 Å². The number of anilines is 1. The summed E-state index contributed by atoms with van der Waals surface area (Å²) in [4.78, 5) is 3.55. The molecule has 19 heavy (non-hydrogen) atoms. The number of pyridine rings is 1. The van der Waals surface area contributed by atoms with Gasteiger partial charge < -0.3 is 0 Å². The Morgan fingerprint density at radius 3 is 2.58 bits per heavy atom. The number of rotatable bonds is 3. The van der Waals surface area contributed by atoms with E-state index in [1.54, 1.807) is 12.1 Å². The monoisotopic (exact) mass is 344 g/mol. The van der Waals surface area contributed by atoms with Crippen LogP contribution in [0.5, 0.6) is 0 Å². The van der Waals surface area contributed by atoms with E-state index in [2.05, 4.69) is 20.9 Å². The lowest BCUT2D eigenvalue weighted by Gasteiger charge is -2.18. The van der Waals surface area contributed by atoms with E-state index in [4.69, 9.17) is 0 Å². The molecule has 2 aromatic rings. The molecule has 0 fully saturated rings. The van der Waals surface area contributed by atoms with Gasteiger partial charge in [-0.25, -0.2) is 17.8 Å². The molecule has 0 N–H and O–H groups in total. The highest BCUT2D eigenvalue weighted by Crippen LogP contribution is 2.24. The lowest BCUT2D eigenvalue weighted by atomic mass is 10.3. The summed E-state index contributed by atoms with van der Waals surface area (Å²) in [5, 5.41) is 0. The molecule has 7 heteroatoms. The van der Waals surface area contributed by atoms with Crippen LogP contribution in [0.25, 0.3) is 0 Å². The molecule has 2 rings (SSSR count). The first-order valence-corrected chi connectivity index (χ1v) is 7.51. The maximum atomic E-state index is 13.8. The quantitative estimate of drug-likeness (QED) is 0.860. The summed E-state index contributed by atoms with van der Waals surface area (Å²) in [6.07, 6.45) is 1.47. The van der Waals surface area contributed by atoms with Gasteiger partial charge >= 0.3 is 0 Å². The van der Waals surface area contributed by atoms with Crippen LogP contribution in [0, 0.1) is 5.82 Å². The van der Waals surface area contributed by atoms with Gasteiger partial charge in [0.1, 0.15) is 16.5 Å². The van der Waals surface area contributed by atoms with E-state index in [1.165, 1.54) is 31.4 Å². The van der Waals surface area contributed by atoms with Gasteiger partial charge in [0.05, 0.1) is 0 Å². The van der Waals surface area contributed by atoms with Crippen LogP contribution >= 0.6 is 15.9 Å². The van der Waals surface area contributed by atoms with Crippen molar-refractivity contribution in [2.75, 3.05) is 11.4 Å². The van der Waals surface area contributed by atoms with Crippen molar-refractivity contribution >= 4 is 31.8 Å². The molecule has 0 aliphatic heterocycles. The largest absolute Gasteiger partial charge is 0.268 e. The van der Waals surface area contributed by atoms with Gasteiger partial charge in [-0.15, -0.1) is 0 Å². The first kappa shape index (κ1) is 14.0. The Morgan fingerprint density at radius 1 is 1.26 bits per heavy atom. The standard InChI is InChI=1S/C12H10BrFN2O2S/c1-16(12-4-2-3-7-15-12)19(17,18)11-6-5-9(13)8-10(11)14/h2-8H,1H3. The molecule has 0 aliphatic rings. The third kappa shape index (κ3) is 2.76. The van der Waals surface area contributed by atoms with Crippen molar-refractivity contribution in [1.82, 2.24) is 4.98 Å². The number of hydrogen-bond donors (Lipinski definition) is 0. The Labute approximate surface area is 119 Å². The summed E-state index contributed by atoms with van der Waals surface area (Å²) in [6.45, 7) is 0. The Hall–Kier alpha value is -1.47. The molecule has 100 valence electrons. The van der Waals surface area contributed by atoms with Gasteiger partial charge in [0.2, 0.25) is 0 Å². The second-order valence-electron chi connectivity index (χ2n) is 3.74. The van der Waals surface area contributed by atoms with E-state index >= 15 is 0 Å². The predicted octanol–water partition coefficient (Wildman–Crippen LogP) is 2.81. The van der Waals surface area contributed by atoms with E-state index in [1.807, 2.05) is 0 Å². The molecule has 1 heterocycles. The van der Waals surface area contributed by atoms with Gasteiger partial charge in [0, 0.05) is 17.7 Å². The van der Waals surface area contributed by atoms with Crippen molar-refractivity contribution in [3.8, 4) is 0 Å². The Kier molecular flexibility index (Phi) is 3.86. The van der Waals surface area contributed by atoms with Crippen LogP contribution in [0.1, 0.15) is 0 Å². The summed E-state index contributed by atoms with van der Waals surface area (Å²) >= 11 is 3.08. The van der Waals surface area contributed by atoms with Gasteiger partial charge in [0.25, 0.3) is 10.0 Å². The molecular formula is C12H10BrFN2O2S. The highest BCUT2D eigenvalue weighted by molar-refractivity contribution is 9.10. The third-order valence-corrected chi connectivity index (χ3v) is 4.79. The van der Waals surface area contributed by atoms with Crippen LogP contribution < -0.4 is 4.31 Å². The zero-order chi connectivity index (χ0) is 14.0. The van der Waals surface area contributed by atoms with Crippen LogP contribution in [0.2, 0.25) is 0 Å². The highest BCUT2D eigenvalue weighted by Gasteiger charge is 2.25. The molecule has 0 atom stereocenters. The zero-order valence-corrected chi connectivity index (χ0v) is 12.3. The van der Waals surface area contributed by atoms with Gasteiger partial charge in [-0.2, -0.15) is 0 Å². The topological polar surface area (TPSA) is 50.3 Å². The summed E-state index contributed by atoms with van der Waals surface area (Å²) in [5.74, 6) is -0.582. The number of hydrogen-bond acceptors (Lipinski definition) is 3. The zero-order valence-electron chi connectivity index (χ0n) is 9.92. The molecule has 0 aliphatic carbocycles. The molecule has 0 unspecified atom stereocenters. The maximum absolute atomic E-state index is 13.8. The van der Waals surface area contributed by atoms with Crippen LogP contribution in [-0.4, -0.2) is 20.4 Å². The van der Waals surface area contributed by atoms with Crippen LogP contribution in [-0.2, 0) is 10.0 Å². The lowest BCUT2D eigenvalue weighted by Crippen LogP contribution is -2.28. The Bertz CT molecular complexity index is 692. The molecule has 1 aromatic carbocycles. The fourth-order valence-electron chi connectivity index (χ4n) is 1.50. The molecule has 0 saturated carbocycles.